The van der Waals surface area contributed by atoms with E-state index in [1.807, 2.05) is 11.3 Å². The molecule has 2 aliphatic heterocycles. The van der Waals surface area contributed by atoms with Gasteiger partial charge in [0.2, 0.25) is 0 Å². The van der Waals surface area contributed by atoms with Gasteiger partial charge in [-0.2, -0.15) is 0 Å². The molecular formula is C67H76BN3SSi. The molecule has 3 aliphatic rings. The molecule has 3 heterocycles. The van der Waals surface area contributed by atoms with E-state index in [-0.39, 0.29) is 33.8 Å². The van der Waals surface area contributed by atoms with Crippen molar-refractivity contribution >= 4 is 108 Å². The molecule has 0 amide bonds. The van der Waals surface area contributed by atoms with Gasteiger partial charge in [0.25, 0.3) is 6.71 Å². The normalized spacial score (nSPS) is 16.0. The van der Waals surface area contributed by atoms with Crippen LogP contribution in [0.1, 0.15) is 131 Å². The Kier molecular flexibility index (Phi) is 11.4. The summed E-state index contributed by atoms with van der Waals surface area (Å²) in [6, 6.07) is 57.2. The second-order valence-electron chi connectivity index (χ2n) is 27.0. The summed E-state index contributed by atoms with van der Waals surface area (Å²) in [5.74, 6) is 0. The molecule has 6 heteroatoms. The molecular weight excluding hydrogens is 918 g/mol. The van der Waals surface area contributed by atoms with Gasteiger partial charge in [0.05, 0.1) is 19.4 Å². The van der Waals surface area contributed by atoms with Gasteiger partial charge in [0.1, 0.15) is 0 Å². The smallest absolute Gasteiger partial charge is 0.264 e. The third-order valence-electron chi connectivity index (χ3n) is 16.7. The molecule has 0 saturated heterocycles. The predicted octanol–water partition coefficient (Wildman–Crippen LogP) is 17.2. The van der Waals surface area contributed by atoms with Crippen LogP contribution in [-0.4, -0.2) is 14.8 Å². The van der Waals surface area contributed by atoms with Crippen LogP contribution in [0.3, 0.4) is 0 Å². The molecule has 7 aromatic carbocycles. The zero-order valence-electron chi connectivity index (χ0n) is 46.6. The van der Waals surface area contributed by atoms with E-state index < -0.39 is 8.07 Å². The van der Waals surface area contributed by atoms with Crippen LogP contribution in [0.5, 0.6) is 0 Å². The highest BCUT2D eigenvalue weighted by Crippen LogP contribution is 2.54. The standard InChI is InChI=1S/C67H76BN3SSi/c1-63(2,3)43-26-29-47(30-27-43)70-57-39-48(69(45-22-18-17-19-23-45)46-31-33-49(34-32-46)73(14,15)16)40-58-60(57)68(62-61(70)50-38-44(64(4,5)6)28-35-59(50)72-62)54-41-52-53(67(12,13)37-36-66(52,10)11)42-56(54)71(58)55-25-21-20-24-51(55)65(7,8)9/h17-35,38-42H,36-37H2,1-16H3. The molecule has 3 nitrogen and oxygen atoms in total. The summed E-state index contributed by atoms with van der Waals surface area (Å²) in [5.41, 5.74) is 20.6. The van der Waals surface area contributed by atoms with Gasteiger partial charge >= 0.3 is 0 Å². The molecule has 0 bridgehead atoms. The van der Waals surface area contributed by atoms with Crippen LogP contribution in [0, 0.1) is 0 Å². The molecule has 0 saturated carbocycles. The number of anilines is 9. The largest absolute Gasteiger partial charge is 0.311 e. The molecule has 0 fully saturated rings. The molecule has 0 unspecified atom stereocenters. The maximum Gasteiger partial charge on any atom is 0.264 e. The molecule has 73 heavy (non-hydrogen) atoms. The molecule has 0 N–H and O–H groups in total. The highest BCUT2D eigenvalue weighted by Gasteiger charge is 2.49. The summed E-state index contributed by atoms with van der Waals surface area (Å²) in [6.45, 7) is 38.4. The number of hydrogen-bond donors (Lipinski definition) is 0. The van der Waals surface area contributed by atoms with Gasteiger partial charge in [-0.15, -0.1) is 11.3 Å². The second kappa shape index (κ2) is 16.8. The number of thiophene rings is 1. The van der Waals surface area contributed by atoms with Crippen molar-refractivity contribution in [2.24, 2.45) is 0 Å². The summed E-state index contributed by atoms with van der Waals surface area (Å²) in [6.07, 6.45) is 2.31. The molecule has 1 aromatic heterocycles. The lowest BCUT2D eigenvalue weighted by Gasteiger charge is -2.47. The van der Waals surface area contributed by atoms with E-state index in [2.05, 4.69) is 270 Å². The molecule has 8 aromatic rings. The lowest BCUT2D eigenvalue weighted by molar-refractivity contribution is 0.332. The van der Waals surface area contributed by atoms with Crippen molar-refractivity contribution in [1.82, 2.24) is 0 Å². The van der Waals surface area contributed by atoms with Crippen molar-refractivity contribution in [1.29, 1.82) is 0 Å². The lowest BCUT2D eigenvalue weighted by Crippen LogP contribution is -2.61. The van der Waals surface area contributed by atoms with E-state index in [1.165, 1.54) is 92.9 Å². The van der Waals surface area contributed by atoms with E-state index in [0.29, 0.717) is 0 Å². The van der Waals surface area contributed by atoms with Crippen molar-refractivity contribution in [3.8, 4) is 0 Å². The van der Waals surface area contributed by atoms with Gasteiger partial charge in [-0.25, -0.2) is 0 Å². The first-order valence-corrected chi connectivity index (χ1v) is 31.2. The Balaban J connectivity index is 1.33. The minimum atomic E-state index is -1.57. The Morgan fingerprint density at radius 2 is 1.08 bits per heavy atom. The minimum absolute atomic E-state index is 0.00461. The van der Waals surface area contributed by atoms with Crippen LogP contribution >= 0.6 is 11.3 Å². The molecule has 11 rings (SSSR count). The highest BCUT2D eigenvalue weighted by molar-refractivity contribution is 7.33. The second-order valence-corrected chi connectivity index (χ2v) is 33.2. The summed E-state index contributed by atoms with van der Waals surface area (Å²) in [5, 5.41) is 2.79. The Bertz CT molecular complexity index is 3450. The van der Waals surface area contributed by atoms with Crippen molar-refractivity contribution in [3.05, 3.63) is 173 Å². The average molecular weight is 994 g/mol. The number of fused-ring (bicyclic) bond motifs is 7. The molecule has 372 valence electrons. The third-order valence-corrected chi connectivity index (χ3v) is 20.0. The van der Waals surface area contributed by atoms with Crippen molar-refractivity contribution in [3.63, 3.8) is 0 Å². The van der Waals surface area contributed by atoms with Gasteiger partial charge in [0.15, 0.2) is 0 Å². The zero-order valence-corrected chi connectivity index (χ0v) is 48.4. The lowest BCUT2D eigenvalue weighted by atomic mass is 9.35. The molecule has 0 spiro atoms. The van der Waals surface area contributed by atoms with Crippen LogP contribution in [0.2, 0.25) is 19.6 Å². The van der Waals surface area contributed by atoms with Gasteiger partial charge < -0.3 is 14.7 Å². The summed E-state index contributed by atoms with van der Waals surface area (Å²) in [4.78, 5) is 7.90. The van der Waals surface area contributed by atoms with E-state index in [1.54, 1.807) is 0 Å². The van der Waals surface area contributed by atoms with Crippen molar-refractivity contribution < 1.29 is 0 Å². The minimum Gasteiger partial charge on any atom is -0.311 e. The molecule has 0 atom stereocenters. The summed E-state index contributed by atoms with van der Waals surface area (Å²) >= 11 is 2.01. The van der Waals surface area contributed by atoms with E-state index >= 15 is 0 Å². The van der Waals surface area contributed by atoms with Crippen LogP contribution in [0.4, 0.5) is 51.2 Å². The summed E-state index contributed by atoms with van der Waals surface area (Å²) in [7, 11) is -1.57. The van der Waals surface area contributed by atoms with Crippen LogP contribution in [-0.2, 0) is 27.1 Å². The number of nitrogens with zero attached hydrogens (tertiary/aromatic N) is 3. The predicted molar refractivity (Wildman–Crippen MR) is 325 cm³/mol. The van der Waals surface area contributed by atoms with E-state index in [9.17, 15) is 0 Å². The van der Waals surface area contributed by atoms with Gasteiger partial charge in [0, 0.05) is 54.7 Å². The molecule has 1 aliphatic carbocycles. The van der Waals surface area contributed by atoms with E-state index in [4.69, 9.17) is 0 Å². The SMILES string of the molecule is CC(C)(C)c1ccc(N2c3cc(N(c4ccccc4)c4ccc([Si](C)(C)C)cc4)cc4c3B(c3cc5c(cc3N4c3ccccc3C(C)(C)C)C(C)(C)CCC5(C)C)c3sc4ccc(C(C)(C)C)cc4c32)cc1. The first-order chi connectivity index (χ1) is 34.2. The zero-order chi connectivity index (χ0) is 51.9. The molecule has 0 radical (unpaired) electrons. The number of rotatable bonds is 6. The van der Waals surface area contributed by atoms with Gasteiger partial charge in [-0.3, -0.25) is 0 Å². The fourth-order valence-electron chi connectivity index (χ4n) is 12.2. The number of benzene rings is 7. The first kappa shape index (κ1) is 49.4. The maximum absolute atomic E-state index is 2.71. The van der Waals surface area contributed by atoms with Crippen molar-refractivity contribution in [2.45, 2.75) is 150 Å². The van der Waals surface area contributed by atoms with E-state index in [0.717, 1.165) is 29.9 Å². The first-order valence-electron chi connectivity index (χ1n) is 26.9. The van der Waals surface area contributed by atoms with Crippen LogP contribution in [0.15, 0.2) is 146 Å². The number of para-hydroxylation sites is 2. The van der Waals surface area contributed by atoms with Crippen LogP contribution < -0.4 is 35.6 Å². The quantitative estimate of drug-likeness (QED) is 0.154. The Morgan fingerprint density at radius 1 is 0.521 bits per heavy atom. The Labute approximate surface area is 443 Å². The van der Waals surface area contributed by atoms with Gasteiger partial charge in [-0.1, -0.05) is 188 Å². The summed E-state index contributed by atoms with van der Waals surface area (Å²) < 4.78 is 2.75. The highest BCUT2D eigenvalue weighted by atomic mass is 32.1. The third kappa shape index (κ3) is 8.30. The van der Waals surface area contributed by atoms with Crippen molar-refractivity contribution in [2.75, 3.05) is 14.7 Å². The number of hydrogen-bond acceptors (Lipinski definition) is 4. The van der Waals surface area contributed by atoms with Crippen LogP contribution in [0.25, 0.3) is 10.1 Å². The topological polar surface area (TPSA) is 9.72 Å². The average Bonchev–Trinajstić information content (AvgIpc) is 3.71. The Morgan fingerprint density at radius 3 is 1.68 bits per heavy atom. The van der Waals surface area contributed by atoms with Gasteiger partial charge in [-0.05, 0) is 151 Å². The Hall–Kier alpha value is -5.82. The maximum atomic E-state index is 2.71. The monoisotopic (exact) mass is 994 g/mol. The fraction of sp³-hybridized carbons (Fsp3) is 0.343. The fourth-order valence-corrected chi connectivity index (χ4v) is 14.7.